The first kappa shape index (κ1) is 19.8. The predicted molar refractivity (Wildman–Crippen MR) is 127 cm³/mol. The van der Waals surface area contributed by atoms with E-state index in [1.54, 1.807) is 0 Å². The molecule has 4 aromatic rings. The normalized spacial score (nSPS) is 15.0. The van der Waals surface area contributed by atoms with Crippen molar-refractivity contribution in [3.8, 4) is 11.1 Å². The smallest absolute Gasteiger partial charge is 0.165 e. The molecule has 1 fully saturated rings. The molecule has 5 heteroatoms. The summed E-state index contributed by atoms with van der Waals surface area (Å²) in [6.45, 7) is 11.5. The van der Waals surface area contributed by atoms with E-state index in [4.69, 9.17) is 10.1 Å². The van der Waals surface area contributed by atoms with Crippen molar-refractivity contribution in [2.75, 3.05) is 31.1 Å². The van der Waals surface area contributed by atoms with Crippen molar-refractivity contribution >= 4 is 11.5 Å². The van der Waals surface area contributed by atoms with Crippen LogP contribution in [0.5, 0.6) is 0 Å². The summed E-state index contributed by atoms with van der Waals surface area (Å²) in [5.74, 6) is 1.14. The van der Waals surface area contributed by atoms with Gasteiger partial charge < -0.3 is 4.90 Å². The molecule has 0 amide bonds. The number of rotatable bonds is 4. The largest absolute Gasteiger partial charge is 0.354 e. The molecule has 0 bridgehead atoms. The third-order valence-electron chi connectivity index (χ3n) is 6.25. The van der Waals surface area contributed by atoms with Crippen molar-refractivity contribution in [2.24, 2.45) is 0 Å². The fraction of sp³-hybridized carbons (Fsp3) is 0.308. The van der Waals surface area contributed by atoms with E-state index in [1.807, 2.05) is 16.8 Å². The van der Waals surface area contributed by atoms with Crippen LogP contribution in [-0.2, 0) is 6.54 Å². The fourth-order valence-electron chi connectivity index (χ4n) is 4.51. The molecular formula is C26H29N5. The van der Waals surface area contributed by atoms with Crippen molar-refractivity contribution in [3.05, 3.63) is 83.2 Å². The second-order valence-corrected chi connectivity index (χ2v) is 8.61. The minimum atomic E-state index is 0.930. The number of anilines is 1. The summed E-state index contributed by atoms with van der Waals surface area (Å²) >= 11 is 0. The van der Waals surface area contributed by atoms with Crippen molar-refractivity contribution < 1.29 is 0 Å². The lowest BCUT2D eigenvalue weighted by Gasteiger charge is -2.36. The summed E-state index contributed by atoms with van der Waals surface area (Å²) in [4.78, 5) is 9.82. The average Bonchev–Trinajstić information content (AvgIpc) is 3.20. The summed E-state index contributed by atoms with van der Waals surface area (Å²) in [6.07, 6.45) is 1.94. The van der Waals surface area contributed by atoms with Gasteiger partial charge >= 0.3 is 0 Å². The van der Waals surface area contributed by atoms with E-state index >= 15 is 0 Å². The van der Waals surface area contributed by atoms with E-state index in [2.05, 4.69) is 79.1 Å². The number of fused-ring (bicyclic) bond motifs is 1. The minimum Gasteiger partial charge on any atom is -0.354 e. The zero-order chi connectivity index (χ0) is 21.4. The Morgan fingerprint density at radius 2 is 1.65 bits per heavy atom. The van der Waals surface area contributed by atoms with Crippen molar-refractivity contribution in [2.45, 2.75) is 27.3 Å². The molecule has 31 heavy (non-hydrogen) atoms. The van der Waals surface area contributed by atoms with Gasteiger partial charge in [0.1, 0.15) is 5.82 Å². The van der Waals surface area contributed by atoms with Gasteiger partial charge in [0.25, 0.3) is 0 Å². The molecule has 3 heterocycles. The Morgan fingerprint density at radius 1 is 0.871 bits per heavy atom. The average molecular weight is 412 g/mol. The molecule has 158 valence electrons. The number of piperazine rings is 1. The highest BCUT2D eigenvalue weighted by molar-refractivity contribution is 5.78. The predicted octanol–water partition coefficient (Wildman–Crippen LogP) is 4.64. The third-order valence-corrected chi connectivity index (χ3v) is 6.25. The first-order valence-corrected chi connectivity index (χ1v) is 11.0. The van der Waals surface area contributed by atoms with Crippen LogP contribution in [0.25, 0.3) is 16.8 Å². The molecule has 0 saturated carbocycles. The van der Waals surface area contributed by atoms with E-state index in [0.29, 0.717) is 0 Å². The number of benzene rings is 2. The molecule has 5 rings (SSSR count). The highest BCUT2D eigenvalue weighted by atomic mass is 15.4. The van der Waals surface area contributed by atoms with Gasteiger partial charge in [-0.05, 0) is 37.5 Å². The van der Waals surface area contributed by atoms with Gasteiger partial charge in [-0.1, -0.05) is 54.1 Å². The Bertz CT molecular complexity index is 1200. The van der Waals surface area contributed by atoms with Gasteiger partial charge in [-0.2, -0.15) is 9.61 Å². The molecule has 2 aromatic carbocycles. The van der Waals surface area contributed by atoms with E-state index < -0.39 is 0 Å². The van der Waals surface area contributed by atoms with Crippen LogP contribution in [-0.4, -0.2) is 45.7 Å². The molecule has 0 radical (unpaired) electrons. The van der Waals surface area contributed by atoms with Crippen LogP contribution >= 0.6 is 0 Å². The second-order valence-electron chi connectivity index (χ2n) is 8.61. The molecule has 1 saturated heterocycles. The lowest BCUT2D eigenvalue weighted by molar-refractivity contribution is 0.248. The first-order chi connectivity index (χ1) is 15.1. The van der Waals surface area contributed by atoms with Crippen LogP contribution in [0.1, 0.15) is 22.4 Å². The van der Waals surface area contributed by atoms with E-state index in [0.717, 1.165) is 61.0 Å². The summed E-state index contributed by atoms with van der Waals surface area (Å²) in [7, 11) is 0. The van der Waals surface area contributed by atoms with Crippen LogP contribution in [0, 0.1) is 20.8 Å². The maximum absolute atomic E-state index is 4.82. The molecule has 0 N–H and O–H groups in total. The quantitative estimate of drug-likeness (QED) is 0.490. The topological polar surface area (TPSA) is 36.7 Å². The maximum atomic E-state index is 4.82. The van der Waals surface area contributed by atoms with Crippen LogP contribution in [0.3, 0.4) is 0 Å². The van der Waals surface area contributed by atoms with Gasteiger partial charge in [0.05, 0.1) is 6.20 Å². The standard InChI is InChI=1S/C26H29N5/c1-19-9-10-23(20(2)15-19)18-29-11-13-30(14-12-29)25-16-21(3)28-26-24(17-27-31(25)26)22-7-5-4-6-8-22/h4-10,15-17H,11-14,18H2,1-3H3. The second kappa shape index (κ2) is 8.16. The Morgan fingerprint density at radius 3 is 2.39 bits per heavy atom. The summed E-state index contributed by atoms with van der Waals surface area (Å²) in [5.41, 5.74) is 8.34. The van der Waals surface area contributed by atoms with Crippen LogP contribution in [0.2, 0.25) is 0 Å². The van der Waals surface area contributed by atoms with Gasteiger partial charge in [-0.15, -0.1) is 0 Å². The van der Waals surface area contributed by atoms with E-state index in [-0.39, 0.29) is 0 Å². The monoisotopic (exact) mass is 411 g/mol. The molecule has 1 aliphatic heterocycles. The summed E-state index contributed by atoms with van der Waals surface area (Å²) in [6, 6.07) is 19.3. The van der Waals surface area contributed by atoms with Gasteiger partial charge in [-0.3, -0.25) is 4.90 Å². The third kappa shape index (κ3) is 3.93. The Kier molecular flexibility index (Phi) is 5.20. The molecule has 2 aromatic heterocycles. The SMILES string of the molecule is Cc1ccc(CN2CCN(c3cc(C)nc4c(-c5ccccc5)cnn34)CC2)c(C)c1. The highest BCUT2D eigenvalue weighted by Crippen LogP contribution is 2.27. The Hall–Kier alpha value is -3.18. The molecule has 1 aliphatic rings. The Labute approximate surface area is 184 Å². The number of hydrogen-bond donors (Lipinski definition) is 0. The molecule has 0 spiro atoms. The number of aryl methyl sites for hydroxylation is 3. The molecule has 0 aliphatic carbocycles. The van der Waals surface area contributed by atoms with Gasteiger partial charge in [-0.25, -0.2) is 4.98 Å². The lowest BCUT2D eigenvalue weighted by atomic mass is 10.1. The summed E-state index contributed by atoms with van der Waals surface area (Å²) < 4.78 is 2.01. The van der Waals surface area contributed by atoms with Crippen molar-refractivity contribution in [1.82, 2.24) is 19.5 Å². The summed E-state index contributed by atoms with van der Waals surface area (Å²) in [5, 5.41) is 4.72. The minimum absolute atomic E-state index is 0.930. The molecule has 5 nitrogen and oxygen atoms in total. The number of hydrogen-bond acceptors (Lipinski definition) is 4. The molecular weight excluding hydrogens is 382 g/mol. The zero-order valence-electron chi connectivity index (χ0n) is 18.5. The fourth-order valence-corrected chi connectivity index (χ4v) is 4.51. The van der Waals surface area contributed by atoms with E-state index in [1.165, 1.54) is 16.7 Å². The first-order valence-electron chi connectivity index (χ1n) is 11.0. The molecule has 0 unspecified atom stereocenters. The van der Waals surface area contributed by atoms with Gasteiger partial charge in [0, 0.05) is 50.0 Å². The zero-order valence-corrected chi connectivity index (χ0v) is 18.5. The number of aromatic nitrogens is 3. The van der Waals surface area contributed by atoms with Crippen molar-refractivity contribution in [1.29, 1.82) is 0 Å². The van der Waals surface area contributed by atoms with Gasteiger partial charge in [0.2, 0.25) is 0 Å². The van der Waals surface area contributed by atoms with Crippen LogP contribution < -0.4 is 4.90 Å². The molecule has 0 atom stereocenters. The van der Waals surface area contributed by atoms with Crippen molar-refractivity contribution in [3.63, 3.8) is 0 Å². The Balaban J connectivity index is 1.37. The van der Waals surface area contributed by atoms with Crippen LogP contribution in [0.4, 0.5) is 5.82 Å². The van der Waals surface area contributed by atoms with E-state index in [9.17, 15) is 0 Å². The highest BCUT2D eigenvalue weighted by Gasteiger charge is 2.21. The number of nitrogens with zero attached hydrogens (tertiary/aromatic N) is 5. The lowest BCUT2D eigenvalue weighted by Crippen LogP contribution is -2.46. The van der Waals surface area contributed by atoms with Crippen LogP contribution in [0.15, 0.2) is 60.8 Å². The maximum Gasteiger partial charge on any atom is 0.165 e. The van der Waals surface area contributed by atoms with Gasteiger partial charge in [0.15, 0.2) is 5.65 Å².